The minimum Gasteiger partial charge on any atom is -0.368 e. The van der Waals surface area contributed by atoms with Crippen molar-refractivity contribution >= 4 is 22.9 Å². The van der Waals surface area contributed by atoms with Gasteiger partial charge >= 0.3 is 0 Å². The molecule has 0 saturated carbocycles. The second-order valence-corrected chi connectivity index (χ2v) is 7.09. The van der Waals surface area contributed by atoms with Crippen LogP contribution >= 0.6 is 11.3 Å². The van der Waals surface area contributed by atoms with E-state index in [1.54, 1.807) is 23.5 Å². The van der Waals surface area contributed by atoms with Crippen molar-refractivity contribution in [3.05, 3.63) is 52.0 Å². The zero-order valence-electron chi connectivity index (χ0n) is 13.5. The smallest absolute Gasteiger partial charge is 0.254 e. The molecule has 122 valence electrons. The minimum absolute atomic E-state index is 0.118. The minimum atomic E-state index is -0.221. The van der Waals surface area contributed by atoms with Crippen LogP contribution in [-0.2, 0) is 0 Å². The highest BCUT2D eigenvalue weighted by Gasteiger charge is 2.23. The molecule has 1 aromatic carbocycles. The van der Waals surface area contributed by atoms with Gasteiger partial charge in [0, 0.05) is 42.1 Å². The van der Waals surface area contributed by atoms with Crippen LogP contribution < -0.4 is 4.90 Å². The zero-order chi connectivity index (χ0) is 16.4. The lowest BCUT2D eigenvalue weighted by molar-refractivity contribution is 0.0747. The first-order valence-corrected chi connectivity index (χ1v) is 8.81. The molecule has 1 fully saturated rings. The predicted octanol–water partition coefficient (Wildman–Crippen LogP) is 3.97. The summed E-state index contributed by atoms with van der Waals surface area (Å²) >= 11 is 1.66. The van der Waals surface area contributed by atoms with Crippen molar-refractivity contribution in [2.45, 2.75) is 19.8 Å². The number of rotatable bonds is 3. The van der Waals surface area contributed by atoms with Crippen LogP contribution in [-0.4, -0.2) is 37.0 Å². The number of piperazine rings is 1. The SMILES string of the molecule is CC(C)c1cc(C(=O)N2CCN(c3ccc(F)cc3)CC2)cs1. The van der Waals surface area contributed by atoms with Crippen LogP contribution in [0.4, 0.5) is 10.1 Å². The van der Waals surface area contributed by atoms with Crippen LogP contribution in [0.25, 0.3) is 0 Å². The first kappa shape index (κ1) is 16.0. The number of thiophene rings is 1. The Morgan fingerprint density at radius 1 is 1.13 bits per heavy atom. The highest BCUT2D eigenvalue weighted by Crippen LogP contribution is 2.24. The predicted molar refractivity (Wildman–Crippen MR) is 92.9 cm³/mol. The van der Waals surface area contributed by atoms with Gasteiger partial charge in [0.25, 0.3) is 5.91 Å². The maximum atomic E-state index is 13.0. The Morgan fingerprint density at radius 3 is 2.35 bits per heavy atom. The van der Waals surface area contributed by atoms with Crippen LogP contribution in [0, 0.1) is 5.82 Å². The van der Waals surface area contributed by atoms with Crippen LogP contribution in [0.1, 0.15) is 35.0 Å². The zero-order valence-corrected chi connectivity index (χ0v) is 14.3. The van der Waals surface area contributed by atoms with Crippen molar-refractivity contribution in [2.24, 2.45) is 0 Å². The third-order valence-corrected chi connectivity index (χ3v) is 5.43. The lowest BCUT2D eigenvalue weighted by Crippen LogP contribution is -2.48. The van der Waals surface area contributed by atoms with Gasteiger partial charge in [-0.25, -0.2) is 4.39 Å². The fraction of sp³-hybridized carbons (Fsp3) is 0.389. The Morgan fingerprint density at radius 2 is 1.78 bits per heavy atom. The Labute approximate surface area is 140 Å². The van der Waals surface area contributed by atoms with E-state index in [2.05, 4.69) is 18.7 Å². The number of anilines is 1. The highest BCUT2D eigenvalue weighted by atomic mass is 32.1. The normalized spacial score (nSPS) is 15.3. The van der Waals surface area contributed by atoms with Gasteiger partial charge in [0.05, 0.1) is 5.56 Å². The summed E-state index contributed by atoms with van der Waals surface area (Å²) in [6.07, 6.45) is 0. The van der Waals surface area contributed by atoms with Crippen molar-refractivity contribution in [1.82, 2.24) is 4.90 Å². The van der Waals surface area contributed by atoms with E-state index < -0.39 is 0 Å². The van der Waals surface area contributed by atoms with Gasteiger partial charge in [-0.1, -0.05) is 13.8 Å². The third-order valence-electron chi connectivity index (χ3n) is 4.19. The highest BCUT2D eigenvalue weighted by molar-refractivity contribution is 7.10. The molecule has 0 bridgehead atoms. The van der Waals surface area contributed by atoms with Gasteiger partial charge in [-0.2, -0.15) is 0 Å². The second-order valence-electron chi connectivity index (χ2n) is 6.15. The molecule has 1 amide bonds. The molecule has 0 atom stereocenters. The molecule has 0 N–H and O–H groups in total. The molecular formula is C18H21FN2OS. The number of nitrogens with zero attached hydrogens (tertiary/aromatic N) is 2. The van der Waals surface area contributed by atoms with Crippen molar-refractivity contribution in [3.63, 3.8) is 0 Å². The van der Waals surface area contributed by atoms with Crippen LogP contribution in [0.15, 0.2) is 35.7 Å². The van der Waals surface area contributed by atoms with Crippen molar-refractivity contribution in [2.75, 3.05) is 31.1 Å². The molecule has 0 radical (unpaired) electrons. The maximum absolute atomic E-state index is 13.0. The van der Waals surface area contributed by atoms with E-state index in [4.69, 9.17) is 0 Å². The number of hydrogen-bond donors (Lipinski definition) is 0. The van der Waals surface area contributed by atoms with Gasteiger partial charge in [-0.3, -0.25) is 4.79 Å². The molecule has 3 rings (SSSR count). The van der Waals surface area contributed by atoms with Gasteiger partial charge < -0.3 is 9.80 Å². The summed E-state index contributed by atoms with van der Waals surface area (Å²) in [5.74, 6) is 0.352. The summed E-state index contributed by atoms with van der Waals surface area (Å²) < 4.78 is 13.0. The van der Waals surface area contributed by atoms with E-state index in [9.17, 15) is 9.18 Å². The number of amides is 1. The molecule has 3 nitrogen and oxygen atoms in total. The van der Waals surface area contributed by atoms with Crippen molar-refractivity contribution < 1.29 is 9.18 Å². The van der Waals surface area contributed by atoms with E-state index in [0.29, 0.717) is 19.0 Å². The van der Waals surface area contributed by atoms with Gasteiger partial charge in [-0.05, 0) is 36.2 Å². The van der Waals surface area contributed by atoms with Crippen molar-refractivity contribution in [3.8, 4) is 0 Å². The van der Waals surface area contributed by atoms with Crippen molar-refractivity contribution in [1.29, 1.82) is 0 Å². The average molecular weight is 332 g/mol. The first-order chi connectivity index (χ1) is 11.0. The maximum Gasteiger partial charge on any atom is 0.254 e. The summed E-state index contributed by atoms with van der Waals surface area (Å²) in [6.45, 7) is 7.23. The number of halogens is 1. The number of carbonyl (C=O) groups is 1. The summed E-state index contributed by atoms with van der Waals surface area (Å²) in [5.41, 5.74) is 1.81. The van der Waals surface area contributed by atoms with Gasteiger partial charge in [0.15, 0.2) is 0 Å². The molecule has 2 aromatic rings. The summed E-state index contributed by atoms with van der Waals surface area (Å²) in [6, 6.07) is 8.56. The molecule has 0 aliphatic carbocycles. The largest absolute Gasteiger partial charge is 0.368 e. The average Bonchev–Trinajstić information content (AvgIpc) is 3.05. The molecular weight excluding hydrogens is 311 g/mol. The van der Waals surface area contributed by atoms with Gasteiger partial charge in [0.1, 0.15) is 5.82 Å². The Kier molecular flexibility index (Phi) is 4.66. The Bertz CT molecular complexity index is 673. The quantitative estimate of drug-likeness (QED) is 0.849. The van der Waals surface area contributed by atoms with Gasteiger partial charge in [0.2, 0.25) is 0 Å². The number of benzene rings is 1. The van der Waals surface area contributed by atoms with Crippen LogP contribution in [0.3, 0.4) is 0 Å². The molecule has 0 spiro atoms. The first-order valence-electron chi connectivity index (χ1n) is 7.93. The lowest BCUT2D eigenvalue weighted by atomic mass is 10.1. The van der Waals surface area contributed by atoms with Crippen LogP contribution in [0.5, 0.6) is 0 Å². The van der Waals surface area contributed by atoms with E-state index in [-0.39, 0.29) is 11.7 Å². The van der Waals surface area contributed by atoms with E-state index >= 15 is 0 Å². The summed E-state index contributed by atoms with van der Waals surface area (Å²) in [5, 5.41) is 1.96. The van der Waals surface area contributed by atoms with E-state index in [1.807, 2.05) is 16.3 Å². The molecule has 23 heavy (non-hydrogen) atoms. The molecule has 2 heterocycles. The standard InChI is InChI=1S/C18H21FN2OS/c1-13(2)17-11-14(12-23-17)18(22)21-9-7-20(8-10-21)16-5-3-15(19)4-6-16/h3-6,11-13H,7-10H2,1-2H3. The molecule has 1 aliphatic rings. The Hall–Kier alpha value is -1.88. The molecule has 1 saturated heterocycles. The molecule has 1 aliphatic heterocycles. The topological polar surface area (TPSA) is 23.6 Å². The Balaban J connectivity index is 1.61. The number of carbonyl (C=O) groups excluding carboxylic acids is 1. The summed E-state index contributed by atoms with van der Waals surface area (Å²) in [7, 11) is 0. The fourth-order valence-electron chi connectivity index (χ4n) is 2.77. The monoisotopic (exact) mass is 332 g/mol. The molecule has 0 unspecified atom stereocenters. The van der Waals surface area contributed by atoms with Crippen LogP contribution in [0.2, 0.25) is 0 Å². The third kappa shape index (κ3) is 3.55. The molecule has 1 aromatic heterocycles. The fourth-order valence-corrected chi connectivity index (χ4v) is 3.67. The lowest BCUT2D eigenvalue weighted by Gasteiger charge is -2.36. The second kappa shape index (κ2) is 6.71. The van der Waals surface area contributed by atoms with E-state index in [0.717, 1.165) is 24.3 Å². The van der Waals surface area contributed by atoms with E-state index in [1.165, 1.54) is 17.0 Å². The number of hydrogen-bond acceptors (Lipinski definition) is 3. The molecule has 5 heteroatoms. The summed E-state index contributed by atoms with van der Waals surface area (Å²) in [4.78, 5) is 17.9. The van der Waals surface area contributed by atoms with Gasteiger partial charge in [-0.15, -0.1) is 11.3 Å².